The highest BCUT2D eigenvalue weighted by molar-refractivity contribution is 7.17. The van der Waals surface area contributed by atoms with Crippen molar-refractivity contribution in [3.05, 3.63) is 45.3 Å². The molecule has 1 aromatic heterocycles. The summed E-state index contributed by atoms with van der Waals surface area (Å²) in [6.45, 7) is 2.18. The molecule has 1 heterocycles. The van der Waals surface area contributed by atoms with Crippen LogP contribution < -0.4 is 16.4 Å². The van der Waals surface area contributed by atoms with Crippen molar-refractivity contribution in [3.63, 3.8) is 0 Å². The van der Waals surface area contributed by atoms with E-state index in [4.69, 9.17) is 17.3 Å². The molecular weight excluding hydrogens is 358 g/mol. The molecule has 1 unspecified atom stereocenters. The molecule has 0 saturated heterocycles. The maximum atomic E-state index is 12.3. The van der Waals surface area contributed by atoms with Gasteiger partial charge in [0.15, 0.2) is 0 Å². The van der Waals surface area contributed by atoms with Crippen LogP contribution in [0.5, 0.6) is 0 Å². The number of nitrogens with one attached hydrogen (secondary N) is 2. The van der Waals surface area contributed by atoms with E-state index in [9.17, 15) is 9.59 Å². The molecule has 1 aliphatic carbocycles. The van der Waals surface area contributed by atoms with Gasteiger partial charge in [-0.05, 0) is 55.0 Å². The predicted molar refractivity (Wildman–Crippen MR) is 103 cm³/mol. The van der Waals surface area contributed by atoms with Gasteiger partial charge in [0.2, 0.25) is 0 Å². The van der Waals surface area contributed by atoms with Gasteiger partial charge in [0.1, 0.15) is 5.00 Å². The van der Waals surface area contributed by atoms with Crippen molar-refractivity contribution in [2.75, 3.05) is 10.6 Å². The van der Waals surface area contributed by atoms with Crippen LogP contribution in [0.2, 0.25) is 5.02 Å². The third-order valence-electron chi connectivity index (χ3n) is 4.52. The molecule has 0 radical (unpaired) electrons. The summed E-state index contributed by atoms with van der Waals surface area (Å²) in [6, 6.07) is 6.40. The topological polar surface area (TPSA) is 84.2 Å². The first-order valence-corrected chi connectivity index (χ1v) is 9.45. The van der Waals surface area contributed by atoms with E-state index in [1.807, 2.05) is 0 Å². The minimum Gasteiger partial charge on any atom is -0.365 e. The fraction of sp³-hybridized carbons (Fsp3) is 0.333. The zero-order valence-corrected chi connectivity index (χ0v) is 15.5. The van der Waals surface area contributed by atoms with Crippen LogP contribution >= 0.6 is 22.9 Å². The average Bonchev–Trinajstić information content (AvgIpc) is 2.93. The third kappa shape index (κ3) is 3.96. The van der Waals surface area contributed by atoms with Gasteiger partial charge in [-0.25, -0.2) is 4.79 Å². The Morgan fingerprint density at radius 1 is 1.28 bits per heavy atom. The number of urea groups is 1. The van der Waals surface area contributed by atoms with Crippen molar-refractivity contribution >= 4 is 45.6 Å². The molecule has 3 rings (SSSR count). The number of amides is 3. The summed E-state index contributed by atoms with van der Waals surface area (Å²) in [5.74, 6) is 0.136. The van der Waals surface area contributed by atoms with Crippen molar-refractivity contribution < 1.29 is 9.59 Å². The molecule has 132 valence electrons. The molecule has 1 aromatic carbocycles. The minimum atomic E-state index is -0.491. The standard InChI is InChI=1S/C18H20ClN3O2S/c1-2-10-3-8-13-14(9-10)25-17(15(13)16(20)23)22-18(24)21-12-6-4-11(19)5-7-12/h4-7,10H,2-3,8-9H2,1H3,(H2,20,23)(H2,21,22,24). The number of hydrogen-bond donors (Lipinski definition) is 3. The fourth-order valence-corrected chi connectivity index (χ4v) is 4.64. The Morgan fingerprint density at radius 2 is 2.00 bits per heavy atom. The van der Waals surface area contributed by atoms with Crippen LogP contribution in [-0.4, -0.2) is 11.9 Å². The number of nitrogens with two attached hydrogens (primary N) is 1. The zero-order valence-electron chi connectivity index (χ0n) is 13.9. The highest BCUT2D eigenvalue weighted by Crippen LogP contribution is 2.40. The summed E-state index contributed by atoms with van der Waals surface area (Å²) < 4.78 is 0. The van der Waals surface area contributed by atoms with E-state index in [0.717, 1.165) is 36.1 Å². The summed E-state index contributed by atoms with van der Waals surface area (Å²) in [5, 5.41) is 6.63. The summed E-state index contributed by atoms with van der Waals surface area (Å²) in [6.07, 6.45) is 3.94. The lowest BCUT2D eigenvalue weighted by molar-refractivity contribution is 0.1000. The van der Waals surface area contributed by atoms with Crippen molar-refractivity contribution in [1.29, 1.82) is 0 Å². The number of thiophene rings is 1. The number of primary amides is 1. The van der Waals surface area contributed by atoms with E-state index in [-0.39, 0.29) is 0 Å². The summed E-state index contributed by atoms with van der Waals surface area (Å²) >= 11 is 7.29. The molecule has 7 heteroatoms. The fourth-order valence-electron chi connectivity index (χ4n) is 3.15. The lowest BCUT2D eigenvalue weighted by Crippen LogP contribution is -2.22. The van der Waals surface area contributed by atoms with Crippen LogP contribution in [0.1, 0.15) is 40.6 Å². The maximum absolute atomic E-state index is 12.3. The van der Waals surface area contributed by atoms with Crippen LogP contribution in [0.15, 0.2) is 24.3 Å². The average molecular weight is 378 g/mol. The van der Waals surface area contributed by atoms with Gasteiger partial charge in [-0.1, -0.05) is 24.9 Å². The molecule has 0 aliphatic heterocycles. The number of carbonyl (C=O) groups excluding carboxylic acids is 2. The van der Waals surface area contributed by atoms with E-state index in [0.29, 0.717) is 27.2 Å². The number of halogens is 1. The largest absolute Gasteiger partial charge is 0.365 e. The molecule has 0 spiro atoms. The molecular formula is C18H20ClN3O2S. The number of rotatable bonds is 4. The number of carbonyl (C=O) groups is 2. The molecule has 1 atom stereocenters. The maximum Gasteiger partial charge on any atom is 0.324 e. The second-order valence-corrected chi connectivity index (χ2v) is 7.72. The summed E-state index contributed by atoms with van der Waals surface area (Å²) in [7, 11) is 0. The molecule has 25 heavy (non-hydrogen) atoms. The van der Waals surface area contributed by atoms with E-state index in [1.54, 1.807) is 24.3 Å². The normalized spacial score (nSPS) is 16.2. The third-order valence-corrected chi connectivity index (χ3v) is 5.94. The predicted octanol–water partition coefficient (Wildman–Crippen LogP) is 4.66. The summed E-state index contributed by atoms with van der Waals surface area (Å²) in [4.78, 5) is 25.4. The van der Waals surface area contributed by atoms with Crippen LogP contribution in [0.3, 0.4) is 0 Å². The Bertz CT molecular complexity index is 801. The Labute approximate surface area is 155 Å². The molecule has 0 saturated carbocycles. The Kier molecular flexibility index (Phi) is 5.30. The van der Waals surface area contributed by atoms with Crippen LogP contribution in [-0.2, 0) is 12.8 Å². The second-order valence-electron chi connectivity index (χ2n) is 6.18. The van der Waals surface area contributed by atoms with Crippen molar-refractivity contribution in [1.82, 2.24) is 0 Å². The zero-order chi connectivity index (χ0) is 18.0. The molecule has 3 amide bonds. The van der Waals surface area contributed by atoms with Crippen LogP contribution in [0.25, 0.3) is 0 Å². The molecule has 2 aromatic rings. The first kappa shape index (κ1) is 17.8. The lowest BCUT2D eigenvalue weighted by Gasteiger charge is -2.20. The van der Waals surface area contributed by atoms with Crippen molar-refractivity contribution in [3.8, 4) is 0 Å². The quantitative estimate of drug-likeness (QED) is 0.723. The minimum absolute atomic E-state index is 0.407. The van der Waals surface area contributed by atoms with Gasteiger partial charge in [-0.3, -0.25) is 10.1 Å². The number of benzene rings is 1. The van der Waals surface area contributed by atoms with Crippen molar-refractivity contribution in [2.24, 2.45) is 11.7 Å². The molecule has 5 nitrogen and oxygen atoms in total. The van der Waals surface area contributed by atoms with E-state index >= 15 is 0 Å². The van der Waals surface area contributed by atoms with Gasteiger partial charge in [0.25, 0.3) is 5.91 Å². The summed E-state index contributed by atoms with van der Waals surface area (Å²) in [5.41, 5.74) is 7.66. The Balaban J connectivity index is 1.79. The van der Waals surface area contributed by atoms with Gasteiger partial charge in [-0.2, -0.15) is 0 Å². The number of fused-ring (bicyclic) bond motifs is 1. The highest BCUT2D eigenvalue weighted by atomic mass is 35.5. The molecule has 1 aliphatic rings. The molecule has 0 bridgehead atoms. The van der Waals surface area contributed by atoms with E-state index in [2.05, 4.69) is 17.6 Å². The van der Waals surface area contributed by atoms with Gasteiger partial charge in [0, 0.05) is 15.6 Å². The van der Waals surface area contributed by atoms with Gasteiger partial charge < -0.3 is 11.1 Å². The Morgan fingerprint density at radius 3 is 2.64 bits per heavy atom. The van der Waals surface area contributed by atoms with Gasteiger partial charge in [0.05, 0.1) is 5.56 Å². The highest BCUT2D eigenvalue weighted by Gasteiger charge is 2.28. The monoisotopic (exact) mass is 377 g/mol. The van der Waals surface area contributed by atoms with E-state index < -0.39 is 11.9 Å². The SMILES string of the molecule is CCC1CCc2c(sc(NC(=O)Nc3ccc(Cl)cc3)c2C(N)=O)C1. The van der Waals surface area contributed by atoms with Gasteiger partial charge in [-0.15, -0.1) is 11.3 Å². The van der Waals surface area contributed by atoms with Gasteiger partial charge >= 0.3 is 6.03 Å². The Hall–Kier alpha value is -2.05. The number of anilines is 2. The number of hydrogen-bond acceptors (Lipinski definition) is 3. The smallest absolute Gasteiger partial charge is 0.324 e. The van der Waals surface area contributed by atoms with E-state index in [1.165, 1.54) is 11.3 Å². The lowest BCUT2D eigenvalue weighted by atomic mass is 9.85. The molecule has 4 N–H and O–H groups in total. The van der Waals surface area contributed by atoms with Crippen LogP contribution in [0, 0.1) is 5.92 Å². The first-order valence-electron chi connectivity index (χ1n) is 8.25. The second kappa shape index (κ2) is 7.45. The first-order chi connectivity index (χ1) is 12.0. The van der Waals surface area contributed by atoms with Crippen LogP contribution in [0.4, 0.5) is 15.5 Å². The van der Waals surface area contributed by atoms with Crippen molar-refractivity contribution in [2.45, 2.75) is 32.6 Å². The molecule has 0 fully saturated rings.